The summed E-state index contributed by atoms with van der Waals surface area (Å²) in [5.74, 6) is 0.869. The summed E-state index contributed by atoms with van der Waals surface area (Å²) in [4.78, 5) is 14.4. The summed E-state index contributed by atoms with van der Waals surface area (Å²) in [5.41, 5.74) is 0.765. The molecule has 1 amide bonds. The van der Waals surface area contributed by atoms with Gasteiger partial charge in [0.05, 0.1) is 6.26 Å². The molecule has 0 spiro atoms. The topological polar surface area (TPSA) is 72.9 Å². The second-order valence-corrected chi connectivity index (χ2v) is 8.86. The minimum atomic E-state index is -3.61. The highest BCUT2D eigenvalue weighted by Crippen LogP contribution is 2.18. The molecule has 0 aliphatic rings. The minimum absolute atomic E-state index is 0.103. The van der Waals surface area contributed by atoms with Crippen LogP contribution in [0.1, 0.15) is 19.4 Å². The van der Waals surface area contributed by atoms with E-state index in [2.05, 4.69) is 0 Å². The number of rotatable bonds is 9. The Morgan fingerprint density at radius 1 is 1.11 bits per heavy atom. The van der Waals surface area contributed by atoms with Crippen molar-refractivity contribution in [1.82, 2.24) is 4.90 Å². The molecule has 0 aliphatic carbocycles. The van der Waals surface area contributed by atoms with Gasteiger partial charge in [-0.3, -0.25) is 4.79 Å². The fourth-order valence-electron chi connectivity index (χ4n) is 2.55. The van der Waals surface area contributed by atoms with E-state index in [9.17, 15) is 13.2 Å². The number of carbonyl (C=O) groups is 1. The van der Waals surface area contributed by atoms with Gasteiger partial charge in [0.15, 0.2) is 6.61 Å². The van der Waals surface area contributed by atoms with E-state index in [0.29, 0.717) is 23.9 Å². The van der Waals surface area contributed by atoms with Crippen molar-refractivity contribution in [2.75, 3.05) is 19.4 Å². The maximum Gasteiger partial charge on any atom is 0.306 e. The molecule has 0 aliphatic heterocycles. The lowest BCUT2D eigenvalue weighted by molar-refractivity contribution is -0.134. The third-order valence-corrected chi connectivity index (χ3v) is 4.38. The maximum absolute atomic E-state index is 12.7. The van der Waals surface area contributed by atoms with E-state index in [1.54, 1.807) is 47.4 Å². The summed E-state index contributed by atoms with van der Waals surface area (Å²) in [6.45, 7) is 4.79. The van der Waals surface area contributed by atoms with Crippen molar-refractivity contribution >= 4 is 27.6 Å². The van der Waals surface area contributed by atoms with E-state index in [1.807, 2.05) is 19.9 Å². The Morgan fingerprint density at radius 3 is 2.39 bits per heavy atom. The van der Waals surface area contributed by atoms with Gasteiger partial charge in [0, 0.05) is 18.1 Å². The lowest BCUT2D eigenvalue weighted by Gasteiger charge is -2.25. The minimum Gasteiger partial charge on any atom is -0.484 e. The molecule has 8 heteroatoms. The molecule has 2 aromatic rings. The van der Waals surface area contributed by atoms with Gasteiger partial charge >= 0.3 is 10.1 Å². The molecule has 0 N–H and O–H groups in total. The van der Waals surface area contributed by atoms with Gasteiger partial charge in [-0.15, -0.1) is 0 Å². The summed E-state index contributed by atoms with van der Waals surface area (Å²) < 4.78 is 33.1. The molecule has 28 heavy (non-hydrogen) atoms. The zero-order chi connectivity index (χ0) is 20.7. The van der Waals surface area contributed by atoms with Crippen molar-refractivity contribution < 1.29 is 22.1 Å². The van der Waals surface area contributed by atoms with Gasteiger partial charge < -0.3 is 13.8 Å². The van der Waals surface area contributed by atoms with E-state index in [-0.39, 0.29) is 24.2 Å². The lowest BCUT2D eigenvalue weighted by atomic mass is 10.1. The van der Waals surface area contributed by atoms with Gasteiger partial charge in [-0.05, 0) is 47.9 Å². The van der Waals surface area contributed by atoms with Gasteiger partial charge in [0.1, 0.15) is 11.5 Å². The van der Waals surface area contributed by atoms with E-state index in [4.69, 9.17) is 20.5 Å². The molecule has 0 heterocycles. The van der Waals surface area contributed by atoms with Crippen molar-refractivity contribution in [2.45, 2.75) is 20.4 Å². The van der Waals surface area contributed by atoms with Gasteiger partial charge in [-0.2, -0.15) is 8.42 Å². The first-order valence-electron chi connectivity index (χ1n) is 8.77. The van der Waals surface area contributed by atoms with Crippen LogP contribution in [0.15, 0.2) is 48.5 Å². The van der Waals surface area contributed by atoms with E-state index in [1.165, 1.54) is 0 Å². The van der Waals surface area contributed by atoms with E-state index >= 15 is 0 Å². The number of halogens is 1. The quantitative estimate of drug-likeness (QED) is 0.572. The SMILES string of the molecule is CC(C)CN(Cc1cccc(OS(C)(=O)=O)c1)C(=O)COc1ccc(Cl)cc1. The molecule has 0 unspecified atom stereocenters. The average molecular weight is 426 g/mol. The predicted octanol–water partition coefficient (Wildman–Crippen LogP) is 3.74. The number of nitrogens with zero attached hydrogens (tertiary/aromatic N) is 1. The fourth-order valence-corrected chi connectivity index (χ4v) is 3.13. The maximum atomic E-state index is 12.7. The summed E-state index contributed by atoms with van der Waals surface area (Å²) >= 11 is 5.85. The Morgan fingerprint density at radius 2 is 1.79 bits per heavy atom. The molecule has 0 fully saturated rings. The first kappa shape index (κ1) is 22.0. The van der Waals surface area contributed by atoms with Crippen LogP contribution in [-0.2, 0) is 21.5 Å². The molecule has 2 aromatic carbocycles. The summed E-state index contributed by atoms with van der Waals surface area (Å²) in [6, 6.07) is 13.5. The van der Waals surface area contributed by atoms with Crippen molar-refractivity contribution in [1.29, 1.82) is 0 Å². The van der Waals surface area contributed by atoms with E-state index in [0.717, 1.165) is 11.8 Å². The molecule has 6 nitrogen and oxygen atoms in total. The lowest BCUT2D eigenvalue weighted by Crippen LogP contribution is -2.37. The molecule has 0 atom stereocenters. The molecule has 0 saturated heterocycles. The van der Waals surface area contributed by atoms with Crippen LogP contribution >= 0.6 is 11.6 Å². The number of benzene rings is 2. The highest BCUT2D eigenvalue weighted by molar-refractivity contribution is 7.86. The van der Waals surface area contributed by atoms with Crippen LogP contribution in [-0.4, -0.2) is 38.6 Å². The van der Waals surface area contributed by atoms with Crippen molar-refractivity contribution in [3.05, 3.63) is 59.1 Å². The zero-order valence-electron chi connectivity index (χ0n) is 16.1. The number of carbonyl (C=O) groups excluding carboxylic acids is 1. The second-order valence-electron chi connectivity index (χ2n) is 6.85. The zero-order valence-corrected chi connectivity index (χ0v) is 17.7. The second kappa shape index (κ2) is 9.80. The standard InChI is InChI=1S/C20H24ClNO5S/c1-15(2)12-22(20(23)14-26-18-9-7-17(21)8-10-18)13-16-5-4-6-19(11-16)27-28(3,24)25/h4-11,15H,12-14H2,1-3H3. The Labute approximate surface area is 171 Å². The average Bonchev–Trinajstić information content (AvgIpc) is 2.59. The van der Waals surface area contributed by atoms with Gasteiger partial charge in [0.2, 0.25) is 0 Å². The summed E-state index contributed by atoms with van der Waals surface area (Å²) in [6.07, 6.45) is 0.988. The number of hydrogen-bond acceptors (Lipinski definition) is 5. The molecular weight excluding hydrogens is 402 g/mol. The molecule has 0 bridgehead atoms. The predicted molar refractivity (Wildman–Crippen MR) is 109 cm³/mol. The Hall–Kier alpha value is -2.25. The fraction of sp³-hybridized carbons (Fsp3) is 0.350. The van der Waals surface area contributed by atoms with Crippen LogP contribution in [0.2, 0.25) is 5.02 Å². The third-order valence-electron chi connectivity index (χ3n) is 3.63. The monoisotopic (exact) mass is 425 g/mol. The number of amides is 1. The van der Waals surface area contributed by atoms with Crippen LogP contribution in [0.4, 0.5) is 0 Å². The van der Waals surface area contributed by atoms with Crippen molar-refractivity contribution in [3.8, 4) is 11.5 Å². The highest BCUT2D eigenvalue weighted by Gasteiger charge is 2.17. The largest absolute Gasteiger partial charge is 0.484 e. The smallest absolute Gasteiger partial charge is 0.306 e. The van der Waals surface area contributed by atoms with Crippen molar-refractivity contribution in [2.24, 2.45) is 5.92 Å². The normalized spacial score (nSPS) is 11.3. The molecule has 0 radical (unpaired) electrons. The van der Waals surface area contributed by atoms with Crippen LogP contribution in [0.3, 0.4) is 0 Å². The number of ether oxygens (including phenoxy) is 1. The van der Waals surface area contributed by atoms with E-state index < -0.39 is 10.1 Å². The molecule has 0 saturated carbocycles. The van der Waals surface area contributed by atoms with Gasteiger partial charge in [0.25, 0.3) is 5.91 Å². The van der Waals surface area contributed by atoms with Gasteiger partial charge in [-0.1, -0.05) is 37.6 Å². The Kier molecular flexibility index (Phi) is 7.71. The highest BCUT2D eigenvalue weighted by atomic mass is 35.5. The summed E-state index contributed by atoms with van der Waals surface area (Å²) in [7, 11) is -3.61. The molecule has 152 valence electrons. The van der Waals surface area contributed by atoms with Crippen LogP contribution in [0, 0.1) is 5.92 Å². The Balaban J connectivity index is 2.07. The Bertz CT molecular complexity index is 897. The van der Waals surface area contributed by atoms with Crippen LogP contribution in [0.5, 0.6) is 11.5 Å². The third kappa shape index (κ3) is 7.78. The van der Waals surface area contributed by atoms with Crippen molar-refractivity contribution in [3.63, 3.8) is 0 Å². The summed E-state index contributed by atoms with van der Waals surface area (Å²) in [5, 5.41) is 0.594. The van der Waals surface area contributed by atoms with Crippen LogP contribution in [0.25, 0.3) is 0 Å². The first-order valence-corrected chi connectivity index (χ1v) is 11.0. The van der Waals surface area contributed by atoms with Crippen LogP contribution < -0.4 is 8.92 Å². The number of hydrogen-bond donors (Lipinski definition) is 0. The molecular formula is C20H24ClNO5S. The molecule has 0 aromatic heterocycles. The molecule has 2 rings (SSSR count). The van der Waals surface area contributed by atoms with Gasteiger partial charge in [-0.25, -0.2) is 0 Å². The first-order chi connectivity index (χ1) is 13.1.